The van der Waals surface area contributed by atoms with Crippen LogP contribution >= 0.6 is 0 Å². The van der Waals surface area contributed by atoms with Crippen LogP contribution in [0.1, 0.15) is 61.3 Å². The normalized spacial score (nSPS) is 16.1. The summed E-state index contributed by atoms with van der Waals surface area (Å²) in [6, 6.07) is 0.855. The molecule has 0 aromatic rings. The summed E-state index contributed by atoms with van der Waals surface area (Å²) in [5, 5.41) is 0. The van der Waals surface area contributed by atoms with Crippen LogP contribution in [0.5, 0.6) is 0 Å². The molecule has 0 unspecified atom stereocenters. The number of allylic oxidation sites excluding steroid dienone is 3. The van der Waals surface area contributed by atoms with Gasteiger partial charge < -0.3 is 13.3 Å². The molecule has 0 saturated heterocycles. The van der Waals surface area contributed by atoms with Gasteiger partial charge in [-0.1, -0.05) is 31.6 Å². The molecule has 0 heterocycles. The van der Waals surface area contributed by atoms with E-state index in [1.54, 1.807) is 0 Å². The predicted octanol–water partition coefficient (Wildman–Crippen LogP) is 4.87. The average Bonchev–Trinajstić information content (AvgIpc) is 2.79. The maximum atomic E-state index is 6.56. The molecule has 0 aliphatic heterocycles. The second kappa shape index (κ2) is 7.72. The van der Waals surface area contributed by atoms with Crippen LogP contribution < -0.4 is 0 Å². The van der Waals surface area contributed by atoms with Crippen molar-refractivity contribution < 1.29 is 13.3 Å². The Hall–Kier alpha value is -0.423. The molecule has 122 valence electrons. The highest BCUT2D eigenvalue weighted by Crippen LogP contribution is 2.34. The van der Waals surface area contributed by atoms with E-state index in [0.717, 1.165) is 18.9 Å². The first-order valence-corrected chi connectivity index (χ1v) is 10.1. The molecule has 0 saturated carbocycles. The van der Waals surface area contributed by atoms with Crippen molar-refractivity contribution >= 4 is 8.80 Å². The minimum atomic E-state index is -2.69. The molecule has 0 fully saturated rings. The van der Waals surface area contributed by atoms with Crippen LogP contribution in [0.3, 0.4) is 0 Å². The van der Waals surface area contributed by atoms with E-state index in [-0.39, 0.29) is 17.8 Å². The quantitative estimate of drug-likeness (QED) is 0.569. The fourth-order valence-corrected chi connectivity index (χ4v) is 6.06. The molecule has 0 aromatic carbocycles. The van der Waals surface area contributed by atoms with Crippen molar-refractivity contribution in [3.8, 4) is 0 Å². The van der Waals surface area contributed by atoms with Crippen molar-refractivity contribution in [3.63, 3.8) is 0 Å². The van der Waals surface area contributed by atoms with Gasteiger partial charge in [0.15, 0.2) is 0 Å². The Labute approximate surface area is 131 Å². The Morgan fingerprint density at radius 1 is 1.14 bits per heavy atom. The van der Waals surface area contributed by atoms with Crippen molar-refractivity contribution in [2.24, 2.45) is 0 Å². The predicted molar refractivity (Wildman–Crippen MR) is 90.3 cm³/mol. The summed E-state index contributed by atoms with van der Waals surface area (Å²) >= 11 is 0. The van der Waals surface area contributed by atoms with Gasteiger partial charge in [0, 0.05) is 18.3 Å². The second-order valence-electron chi connectivity index (χ2n) is 6.70. The lowest BCUT2D eigenvalue weighted by molar-refractivity contribution is -0.0238. The largest absolute Gasteiger partial charge is 0.502 e. The maximum absolute atomic E-state index is 6.56. The van der Waals surface area contributed by atoms with E-state index in [0.29, 0.717) is 0 Å². The van der Waals surface area contributed by atoms with Crippen molar-refractivity contribution in [1.29, 1.82) is 0 Å². The third-order valence-corrected chi connectivity index (χ3v) is 6.94. The number of hydrogen-bond donors (Lipinski definition) is 0. The van der Waals surface area contributed by atoms with Crippen LogP contribution in [0.15, 0.2) is 23.8 Å². The molecule has 1 aliphatic carbocycles. The van der Waals surface area contributed by atoms with Gasteiger partial charge in [0.2, 0.25) is 0 Å². The van der Waals surface area contributed by atoms with Gasteiger partial charge in [-0.3, -0.25) is 0 Å². The molecule has 0 amide bonds. The van der Waals surface area contributed by atoms with Gasteiger partial charge in [-0.25, -0.2) is 0 Å². The monoisotopic (exact) mass is 312 g/mol. The molecule has 0 spiro atoms. The Morgan fingerprint density at radius 3 is 2.10 bits per heavy atom. The van der Waals surface area contributed by atoms with E-state index in [2.05, 4.69) is 39.0 Å². The van der Waals surface area contributed by atoms with E-state index < -0.39 is 8.80 Å². The average molecular weight is 313 g/mol. The smallest absolute Gasteiger partial charge is 0.371 e. The molecule has 21 heavy (non-hydrogen) atoms. The Kier molecular flexibility index (Phi) is 6.85. The summed E-state index contributed by atoms with van der Waals surface area (Å²) in [5.41, 5.74) is 0.935. The highest BCUT2D eigenvalue weighted by Gasteiger charge is 2.47. The molecule has 0 radical (unpaired) electrons. The van der Waals surface area contributed by atoms with Crippen LogP contribution in [-0.2, 0) is 13.3 Å². The molecule has 0 bridgehead atoms. The van der Waals surface area contributed by atoms with Gasteiger partial charge in [0.1, 0.15) is 0 Å². The molecular formula is C17H32O3Si. The first-order chi connectivity index (χ1) is 9.71. The summed E-state index contributed by atoms with van der Waals surface area (Å²) in [6.45, 7) is 14.6. The van der Waals surface area contributed by atoms with Crippen molar-refractivity contribution in [1.82, 2.24) is 0 Å². The molecule has 0 aromatic heterocycles. The van der Waals surface area contributed by atoms with Crippen LogP contribution in [0.25, 0.3) is 0 Å². The molecule has 1 rings (SSSR count). The molecule has 3 nitrogen and oxygen atoms in total. The SMILES string of the molecule is CCC[Si](OC(C)C)(OC(C)C)OC(C)(C)C1=CC=CC1. The van der Waals surface area contributed by atoms with Gasteiger partial charge >= 0.3 is 8.80 Å². The van der Waals surface area contributed by atoms with Crippen LogP contribution in [-0.4, -0.2) is 26.6 Å². The van der Waals surface area contributed by atoms with Crippen molar-refractivity contribution in [2.45, 2.75) is 85.2 Å². The zero-order valence-corrected chi connectivity index (χ0v) is 15.7. The number of rotatable bonds is 9. The van der Waals surface area contributed by atoms with Gasteiger partial charge in [-0.2, -0.15) is 0 Å². The summed E-state index contributed by atoms with van der Waals surface area (Å²) in [6.07, 6.45) is 8.57. The topological polar surface area (TPSA) is 27.7 Å². The standard InChI is InChI=1S/C17H32O3Si/c1-8-13-21(18-14(2)3,19-15(4)5)20-17(6,7)16-11-9-10-12-16/h9-11,14-15H,8,12-13H2,1-7H3. The Bertz CT molecular complexity index is 373. The van der Waals surface area contributed by atoms with Crippen LogP contribution in [0.2, 0.25) is 6.04 Å². The van der Waals surface area contributed by atoms with Gasteiger partial charge in [0.05, 0.1) is 5.60 Å². The van der Waals surface area contributed by atoms with Crippen molar-refractivity contribution in [2.75, 3.05) is 0 Å². The Balaban J connectivity index is 2.97. The lowest BCUT2D eigenvalue weighted by Gasteiger charge is -2.40. The fraction of sp³-hybridized carbons (Fsp3) is 0.765. The summed E-state index contributed by atoms with van der Waals surface area (Å²) < 4.78 is 19.0. The summed E-state index contributed by atoms with van der Waals surface area (Å²) in [5.74, 6) is 0. The molecule has 0 atom stereocenters. The highest BCUT2D eigenvalue weighted by atomic mass is 28.4. The van der Waals surface area contributed by atoms with E-state index in [9.17, 15) is 0 Å². The van der Waals surface area contributed by atoms with Crippen LogP contribution in [0.4, 0.5) is 0 Å². The zero-order valence-electron chi connectivity index (χ0n) is 14.7. The van der Waals surface area contributed by atoms with E-state index in [4.69, 9.17) is 13.3 Å². The van der Waals surface area contributed by atoms with E-state index >= 15 is 0 Å². The number of hydrogen-bond acceptors (Lipinski definition) is 3. The minimum Gasteiger partial charge on any atom is -0.371 e. The van der Waals surface area contributed by atoms with Crippen LogP contribution in [0, 0.1) is 0 Å². The third kappa shape index (κ3) is 5.70. The highest BCUT2D eigenvalue weighted by molar-refractivity contribution is 6.61. The van der Waals surface area contributed by atoms with Gasteiger partial charge in [-0.05, 0) is 53.5 Å². The minimum absolute atomic E-state index is 0.105. The second-order valence-corrected chi connectivity index (χ2v) is 9.24. The first kappa shape index (κ1) is 18.6. The molecule has 4 heteroatoms. The van der Waals surface area contributed by atoms with E-state index in [1.165, 1.54) is 5.57 Å². The lowest BCUT2D eigenvalue weighted by Crippen LogP contribution is -2.54. The zero-order chi connectivity index (χ0) is 16.1. The lowest BCUT2D eigenvalue weighted by atomic mass is 9.98. The third-order valence-electron chi connectivity index (χ3n) is 3.34. The fourth-order valence-electron chi connectivity index (χ4n) is 2.62. The Morgan fingerprint density at radius 2 is 1.71 bits per heavy atom. The maximum Gasteiger partial charge on any atom is 0.502 e. The first-order valence-electron chi connectivity index (χ1n) is 8.13. The van der Waals surface area contributed by atoms with Gasteiger partial charge in [-0.15, -0.1) is 0 Å². The van der Waals surface area contributed by atoms with E-state index in [1.807, 2.05) is 27.7 Å². The summed E-state index contributed by atoms with van der Waals surface area (Å²) in [7, 11) is -2.69. The van der Waals surface area contributed by atoms with Crippen molar-refractivity contribution in [3.05, 3.63) is 23.8 Å². The molecule has 0 N–H and O–H groups in total. The van der Waals surface area contributed by atoms with Gasteiger partial charge in [0.25, 0.3) is 0 Å². The molecule has 1 aliphatic rings. The molecular weight excluding hydrogens is 280 g/mol. The summed E-state index contributed by atoms with van der Waals surface area (Å²) in [4.78, 5) is 0.